The first-order valence-electron chi connectivity index (χ1n) is 9.67. The number of nitrogens with one attached hydrogen (secondary N) is 1. The Morgan fingerprint density at radius 1 is 1.03 bits per heavy atom. The van der Waals surface area contributed by atoms with Gasteiger partial charge in [-0.05, 0) is 48.7 Å². The van der Waals surface area contributed by atoms with Crippen LogP contribution in [0.2, 0.25) is 15.1 Å². The number of carbonyl (C=O) groups is 2. The van der Waals surface area contributed by atoms with Crippen LogP contribution < -0.4 is 10.1 Å². The maximum absolute atomic E-state index is 13.0. The summed E-state index contributed by atoms with van der Waals surface area (Å²) in [5, 5.41) is 4.03. The van der Waals surface area contributed by atoms with Crippen LogP contribution in [0.4, 0.5) is 0 Å². The SMILES string of the molecule is CC(C)CNC(=O)[C@@H](C)N(Cc1ccc(Cl)c(Cl)c1)C(=O)COc1ccc(Br)cc1Cl. The van der Waals surface area contributed by atoms with Crippen molar-refractivity contribution in [1.82, 2.24) is 10.2 Å². The van der Waals surface area contributed by atoms with Crippen LogP contribution in [0.25, 0.3) is 0 Å². The lowest BCUT2D eigenvalue weighted by molar-refractivity contribution is -0.142. The van der Waals surface area contributed by atoms with Gasteiger partial charge in [0.25, 0.3) is 5.91 Å². The largest absolute Gasteiger partial charge is 0.482 e. The lowest BCUT2D eigenvalue weighted by Crippen LogP contribution is -2.49. The van der Waals surface area contributed by atoms with E-state index in [-0.39, 0.29) is 25.0 Å². The van der Waals surface area contributed by atoms with E-state index in [1.807, 2.05) is 13.8 Å². The summed E-state index contributed by atoms with van der Waals surface area (Å²) in [6, 6.07) is 9.49. The van der Waals surface area contributed by atoms with Gasteiger partial charge in [0, 0.05) is 17.6 Å². The zero-order valence-corrected chi connectivity index (χ0v) is 21.3. The average Bonchev–Trinajstić information content (AvgIpc) is 2.71. The summed E-state index contributed by atoms with van der Waals surface area (Å²) in [4.78, 5) is 27.1. The normalized spacial score (nSPS) is 11.9. The molecular formula is C22H24BrCl3N2O3. The van der Waals surface area contributed by atoms with Crippen LogP contribution in [0.3, 0.4) is 0 Å². The fraction of sp³-hybridized carbons (Fsp3) is 0.364. The van der Waals surface area contributed by atoms with Gasteiger partial charge < -0.3 is 15.0 Å². The first kappa shape index (κ1) is 25.8. The number of benzene rings is 2. The Morgan fingerprint density at radius 3 is 2.35 bits per heavy atom. The van der Waals surface area contributed by atoms with E-state index in [2.05, 4.69) is 21.2 Å². The van der Waals surface area contributed by atoms with Crippen LogP contribution in [0, 0.1) is 5.92 Å². The smallest absolute Gasteiger partial charge is 0.261 e. The number of nitrogens with zero attached hydrogens (tertiary/aromatic N) is 1. The van der Waals surface area contributed by atoms with Crippen molar-refractivity contribution in [2.45, 2.75) is 33.4 Å². The molecule has 0 unspecified atom stereocenters. The first-order valence-corrected chi connectivity index (χ1v) is 11.6. The van der Waals surface area contributed by atoms with E-state index in [0.29, 0.717) is 33.3 Å². The number of hydrogen-bond donors (Lipinski definition) is 1. The molecular weight excluding hydrogens is 527 g/mol. The molecule has 0 spiro atoms. The highest BCUT2D eigenvalue weighted by molar-refractivity contribution is 9.10. The topological polar surface area (TPSA) is 58.6 Å². The Bertz CT molecular complexity index is 940. The van der Waals surface area contributed by atoms with Crippen molar-refractivity contribution in [3.63, 3.8) is 0 Å². The predicted molar refractivity (Wildman–Crippen MR) is 129 cm³/mol. The van der Waals surface area contributed by atoms with Gasteiger partial charge in [0.15, 0.2) is 6.61 Å². The highest BCUT2D eigenvalue weighted by atomic mass is 79.9. The summed E-state index contributed by atoms with van der Waals surface area (Å²) in [7, 11) is 0. The van der Waals surface area contributed by atoms with Crippen molar-refractivity contribution >= 4 is 62.5 Å². The standard InChI is InChI=1S/C22H24BrCl3N2O3/c1-13(2)10-27-22(30)14(3)28(11-15-4-6-17(24)18(25)8-15)21(29)12-31-20-7-5-16(23)9-19(20)26/h4-9,13-14H,10-12H2,1-3H3,(H,27,30)/t14-/m1/s1. The van der Waals surface area contributed by atoms with Gasteiger partial charge in [-0.3, -0.25) is 9.59 Å². The number of carbonyl (C=O) groups excluding carboxylic acids is 2. The van der Waals surface area contributed by atoms with Gasteiger partial charge in [-0.1, -0.05) is 70.6 Å². The maximum Gasteiger partial charge on any atom is 0.261 e. The third kappa shape index (κ3) is 7.86. The zero-order valence-electron chi connectivity index (χ0n) is 17.4. The molecule has 0 bridgehead atoms. The summed E-state index contributed by atoms with van der Waals surface area (Å²) in [6.45, 7) is 6.09. The van der Waals surface area contributed by atoms with Crippen LogP contribution in [0.1, 0.15) is 26.3 Å². The summed E-state index contributed by atoms with van der Waals surface area (Å²) >= 11 is 21.6. The molecule has 1 N–H and O–H groups in total. The number of ether oxygens (including phenoxy) is 1. The molecule has 2 aromatic carbocycles. The molecule has 0 aliphatic heterocycles. The van der Waals surface area contributed by atoms with Crippen LogP contribution in [-0.2, 0) is 16.1 Å². The molecule has 0 radical (unpaired) electrons. The molecule has 2 amide bonds. The third-order valence-electron chi connectivity index (χ3n) is 4.43. The van der Waals surface area contributed by atoms with Gasteiger partial charge in [-0.2, -0.15) is 0 Å². The van der Waals surface area contributed by atoms with Crippen molar-refractivity contribution in [3.8, 4) is 5.75 Å². The second kappa shape index (κ2) is 12.0. The van der Waals surface area contributed by atoms with E-state index in [4.69, 9.17) is 39.5 Å². The fourth-order valence-electron chi connectivity index (χ4n) is 2.68. The lowest BCUT2D eigenvalue weighted by Gasteiger charge is -2.29. The maximum atomic E-state index is 13.0. The van der Waals surface area contributed by atoms with Crippen molar-refractivity contribution < 1.29 is 14.3 Å². The van der Waals surface area contributed by atoms with Crippen LogP contribution in [0.15, 0.2) is 40.9 Å². The third-order valence-corrected chi connectivity index (χ3v) is 5.96. The van der Waals surface area contributed by atoms with E-state index in [9.17, 15) is 9.59 Å². The molecule has 0 saturated heterocycles. The van der Waals surface area contributed by atoms with Crippen LogP contribution in [-0.4, -0.2) is 35.9 Å². The van der Waals surface area contributed by atoms with Gasteiger partial charge in [-0.15, -0.1) is 0 Å². The van der Waals surface area contributed by atoms with Gasteiger partial charge in [0.1, 0.15) is 11.8 Å². The second-order valence-electron chi connectivity index (χ2n) is 7.45. The molecule has 9 heteroatoms. The fourth-order valence-corrected chi connectivity index (χ4v) is 3.73. The van der Waals surface area contributed by atoms with Crippen molar-refractivity contribution in [3.05, 3.63) is 61.5 Å². The Hall–Kier alpha value is -1.47. The minimum atomic E-state index is -0.718. The van der Waals surface area contributed by atoms with E-state index in [0.717, 1.165) is 10.0 Å². The van der Waals surface area contributed by atoms with Crippen molar-refractivity contribution in [2.75, 3.05) is 13.2 Å². The molecule has 5 nitrogen and oxygen atoms in total. The molecule has 0 aliphatic carbocycles. The van der Waals surface area contributed by atoms with Gasteiger partial charge in [0.2, 0.25) is 5.91 Å². The molecule has 2 aromatic rings. The molecule has 2 rings (SSSR count). The van der Waals surface area contributed by atoms with E-state index in [1.54, 1.807) is 43.3 Å². The molecule has 0 fully saturated rings. The monoisotopic (exact) mass is 548 g/mol. The van der Waals surface area contributed by atoms with E-state index in [1.165, 1.54) is 4.90 Å². The first-order chi connectivity index (χ1) is 14.6. The molecule has 1 atom stereocenters. The molecule has 0 aliphatic rings. The number of amides is 2. The number of hydrogen-bond acceptors (Lipinski definition) is 3. The van der Waals surface area contributed by atoms with Crippen molar-refractivity contribution in [2.24, 2.45) is 5.92 Å². The molecule has 0 saturated carbocycles. The van der Waals surface area contributed by atoms with Gasteiger partial charge >= 0.3 is 0 Å². The number of rotatable bonds is 9. The Kier molecular flexibility index (Phi) is 9.94. The van der Waals surface area contributed by atoms with Gasteiger partial charge in [0.05, 0.1) is 15.1 Å². The quantitative estimate of drug-likeness (QED) is 0.418. The minimum absolute atomic E-state index is 0.170. The Morgan fingerprint density at radius 2 is 1.74 bits per heavy atom. The molecule has 0 aromatic heterocycles. The number of halogens is 4. The highest BCUT2D eigenvalue weighted by Crippen LogP contribution is 2.28. The summed E-state index contributed by atoms with van der Waals surface area (Å²) in [6.07, 6.45) is 0. The summed E-state index contributed by atoms with van der Waals surface area (Å²) in [5.41, 5.74) is 0.743. The molecule has 168 valence electrons. The van der Waals surface area contributed by atoms with Crippen LogP contribution in [0.5, 0.6) is 5.75 Å². The van der Waals surface area contributed by atoms with Gasteiger partial charge in [-0.25, -0.2) is 0 Å². The van der Waals surface area contributed by atoms with E-state index < -0.39 is 6.04 Å². The molecule has 0 heterocycles. The van der Waals surface area contributed by atoms with Crippen molar-refractivity contribution in [1.29, 1.82) is 0 Å². The van der Waals surface area contributed by atoms with E-state index >= 15 is 0 Å². The second-order valence-corrected chi connectivity index (χ2v) is 9.59. The summed E-state index contributed by atoms with van der Waals surface area (Å²) < 4.78 is 6.42. The summed E-state index contributed by atoms with van der Waals surface area (Å²) in [5.74, 6) is 0.0592. The zero-order chi connectivity index (χ0) is 23.1. The minimum Gasteiger partial charge on any atom is -0.482 e. The van der Waals surface area contributed by atoms with Crippen LogP contribution >= 0.6 is 50.7 Å². The Labute approximate surface area is 206 Å². The lowest BCUT2D eigenvalue weighted by atomic mass is 10.1. The molecule has 31 heavy (non-hydrogen) atoms. The Balaban J connectivity index is 2.18. The predicted octanol–water partition coefficient (Wildman–Crippen LogP) is 5.98. The average molecular weight is 551 g/mol. The highest BCUT2D eigenvalue weighted by Gasteiger charge is 2.27.